The number of hydrogen-bond acceptors (Lipinski definition) is 2. The fourth-order valence-electron chi connectivity index (χ4n) is 1.99. The monoisotopic (exact) mass is 323 g/mol. The predicted octanol–water partition coefficient (Wildman–Crippen LogP) is 4.69. The molecule has 0 spiro atoms. The largest absolute Gasteiger partial charge is 0.321 e. The fourth-order valence-corrected chi connectivity index (χ4v) is 3.13. The van der Waals surface area contributed by atoms with Crippen LogP contribution in [0.5, 0.6) is 0 Å². The van der Waals surface area contributed by atoms with Crippen LogP contribution in [-0.4, -0.2) is 5.91 Å². The van der Waals surface area contributed by atoms with Gasteiger partial charge in [0.25, 0.3) is 5.91 Å². The lowest BCUT2D eigenvalue weighted by Gasteiger charge is -2.12. The molecule has 0 aliphatic heterocycles. The van der Waals surface area contributed by atoms with Crippen LogP contribution in [0.4, 0.5) is 5.69 Å². The number of halogens is 1. The van der Waals surface area contributed by atoms with Gasteiger partial charge in [0.1, 0.15) is 0 Å². The molecule has 0 bridgehead atoms. The Balaban J connectivity index is 2.27. The van der Waals surface area contributed by atoms with Crippen molar-refractivity contribution < 1.29 is 4.79 Å². The van der Waals surface area contributed by atoms with Crippen molar-refractivity contribution in [3.8, 4) is 0 Å². The van der Waals surface area contributed by atoms with Gasteiger partial charge in [-0.3, -0.25) is 4.79 Å². The first-order valence-corrected chi connectivity index (χ1v) is 7.28. The van der Waals surface area contributed by atoms with Gasteiger partial charge in [0.2, 0.25) is 0 Å². The van der Waals surface area contributed by atoms with Crippen molar-refractivity contribution in [3.63, 3.8) is 0 Å². The Bertz CT molecular complexity index is 581. The molecule has 0 unspecified atom stereocenters. The normalized spacial score (nSPS) is 10.4. The summed E-state index contributed by atoms with van der Waals surface area (Å²) < 4.78 is 0.963. The summed E-state index contributed by atoms with van der Waals surface area (Å²) in [4.78, 5) is 12.1. The van der Waals surface area contributed by atoms with Crippen LogP contribution in [0, 0.1) is 20.8 Å². The Labute approximate surface area is 119 Å². The number of aryl methyl sites for hydroxylation is 3. The number of nitrogens with one attached hydrogen (secondary N) is 1. The summed E-state index contributed by atoms with van der Waals surface area (Å²) in [6, 6.07) is 5.98. The van der Waals surface area contributed by atoms with Gasteiger partial charge in [-0.1, -0.05) is 17.7 Å². The van der Waals surface area contributed by atoms with Crippen LogP contribution >= 0.6 is 27.3 Å². The SMILES string of the molecule is Cc1cc(C)c(NC(=O)c2csc(Br)c2)c(C)c1. The minimum atomic E-state index is -0.0630. The van der Waals surface area contributed by atoms with Crippen LogP contribution in [0.25, 0.3) is 0 Å². The summed E-state index contributed by atoms with van der Waals surface area (Å²) in [5, 5.41) is 4.83. The Kier molecular flexibility index (Phi) is 3.88. The zero-order chi connectivity index (χ0) is 13.3. The summed E-state index contributed by atoms with van der Waals surface area (Å²) in [6.45, 7) is 6.08. The molecule has 2 rings (SSSR count). The van der Waals surface area contributed by atoms with E-state index in [-0.39, 0.29) is 5.91 Å². The Hall–Kier alpha value is -1.13. The summed E-state index contributed by atoms with van der Waals surface area (Å²) >= 11 is 4.87. The Morgan fingerprint density at radius 3 is 2.28 bits per heavy atom. The maximum absolute atomic E-state index is 12.1. The number of rotatable bonds is 2. The van der Waals surface area contributed by atoms with E-state index in [9.17, 15) is 4.79 Å². The van der Waals surface area contributed by atoms with Crippen molar-refractivity contribution in [1.29, 1.82) is 0 Å². The molecule has 2 aromatic rings. The first kappa shape index (κ1) is 13.3. The molecule has 1 heterocycles. The maximum Gasteiger partial charge on any atom is 0.256 e. The zero-order valence-electron chi connectivity index (χ0n) is 10.5. The van der Waals surface area contributed by atoms with Crippen molar-refractivity contribution in [2.24, 2.45) is 0 Å². The summed E-state index contributed by atoms with van der Waals surface area (Å²) in [7, 11) is 0. The predicted molar refractivity (Wildman–Crippen MR) is 80.6 cm³/mol. The number of benzene rings is 1. The van der Waals surface area contributed by atoms with Crippen LogP contribution in [0.1, 0.15) is 27.0 Å². The molecule has 4 heteroatoms. The number of thiophene rings is 1. The minimum absolute atomic E-state index is 0.0630. The molecular weight excluding hydrogens is 310 g/mol. The molecule has 0 atom stereocenters. The van der Waals surface area contributed by atoms with Gasteiger partial charge >= 0.3 is 0 Å². The van der Waals surface area contributed by atoms with E-state index in [0.29, 0.717) is 5.56 Å². The van der Waals surface area contributed by atoms with Crippen molar-refractivity contribution in [1.82, 2.24) is 0 Å². The molecule has 1 aromatic heterocycles. The fraction of sp³-hybridized carbons (Fsp3) is 0.214. The van der Waals surface area contributed by atoms with Crippen LogP contribution in [0.2, 0.25) is 0 Å². The van der Waals surface area contributed by atoms with Gasteiger partial charge in [-0.05, 0) is 53.9 Å². The topological polar surface area (TPSA) is 29.1 Å². The number of amides is 1. The minimum Gasteiger partial charge on any atom is -0.321 e. The average Bonchev–Trinajstić information content (AvgIpc) is 2.70. The number of carbonyl (C=O) groups excluding carboxylic acids is 1. The smallest absolute Gasteiger partial charge is 0.256 e. The molecule has 94 valence electrons. The van der Waals surface area contributed by atoms with E-state index in [1.807, 2.05) is 25.3 Å². The van der Waals surface area contributed by atoms with Gasteiger partial charge in [0, 0.05) is 11.1 Å². The molecule has 0 aliphatic carbocycles. The number of carbonyl (C=O) groups is 1. The Morgan fingerprint density at radius 2 is 1.78 bits per heavy atom. The standard InChI is InChI=1S/C14H14BrNOS/c1-8-4-9(2)13(10(3)5-8)16-14(17)11-6-12(15)18-7-11/h4-7H,1-3H3,(H,16,17). The average molecular weight is 324 g/mol. The lowest BCUT2D eigenvalue weighted by atomic mass is 10.0. The molecule has 0 radical (unpaired) electrons. The van der Waals surface area contributed by atoms with Crippen LogP contribution < -0.4 is 5.32 Å². The lowest BCUT2D eigenvalue weighted by molar-refractivity contribution is 0.102. The van der Waals surface area contributed by atoms with Gasteiger partial charge in [-0.25, -0.2) is 0 Å². The third-order valence-electron chi connectivity index (χ3n) is 2.75. The maximum atomic E-state index is 12.1. The molecule has 0 saturated heterocycles. The van der Waals surface area contributed by atoms with E-state index < -0.39 is 0 Å². The summed E-state index contributed by atoms with van der Waals surface area (Å²) in [5.74, 6) is -0.0630. The lowest BCUT2D eigenvalue weighted by Crippen LogP contribution is -2.13. The highest BCUT2D eigenvalue weighted by Crippen LogP contribution is 2.25. The highest BCUT2D eigenvalue weighted by Gasteiger charge is 2.11. The third-order valence-corrected chi connectivity index (χ3v) is 4.25. The van der Waals surface area contributed by atoms with Gasteiger partial charge in [0.05, 0.1) is 9.35 Å². The summed E-state index contributed by atoms with van der Waals surface area (Å²) in [5.41, 5.74) is 4.99. The van der Waals surface area contributed by atoms with E-state index in [4.69, 9.17) is 0 Å². The van der Waals surface area contributed by atoms with Crippen molar-refractivity contribution >= 4 is 38.9 Å². The molecule has 2 nitrogen and oxygen atoms in total. The summed E-state index contributed by atoms with van der Waals surface area (Å²) in [6.07, 6.45) is 0. The highest BCUT2D eigenvalue weighted by atomic mass is 79.9. The zero-order valence-corrected chi connectivity index (χ0v) is 12.9. The van der Waals surface area contributed by atoms with Gasteiger partial charge < -0.3 is 5.32 Å². The van der Waals surface area contributed by atoms with E-state index >= 15 is 0 Å². The first-order valence-electron chi connectivity index (χ1n) is 5.60. The second kappa shape index (κ2) is 5.24. The number of hydrogen-bond donors (Lipinski definition) is 1. The van der Waals surface area contributed by atoms with Crippen molar-refractivity contribution in [2.45, 2.75) is 20.8 Å². The van der Waals surface area contributed by atoms with Crippen molar-refractivity contribution in [2.75, 3.05) is 5.32 Å². The second-order valence-corrected chi connectivity index (χ2v) is 6.66. The molecule has 18 heavy (non-hydrogen) atoms. The molecule has 1 N–H and O–H groups in total. The van der Waals surface area contributed by atoms with E-state index in [2.05, 4.69) is 40.3 Å². The second-order valence-electron chi connectivity index (χ2n) is 4.37. The van der Waals surface area contributed by atoms with E-state index in [1.54, 1.807) is 0 Å². The van der Waals surface area contributed by atoms with Gasteiger partial charge in [-0.15, -0.1) is 11.3 Å². The number of anilines is 1. The van der Waals surface area contributed by atoms with Gasteiger partial charge in [0.15, 0.2) is 0 Å². The molecule has 0 saturated carbocycles. The van der Waals surface area contributed by atoms with Crippen LogP contribution in [-0.2, 0) is 0 Å². The van der Waals surface area contributed by atoms with Crippen LogP contribution in [0.3, 0.4) is 0 Å². The van der Waals surface area contributed by atoms with Crippen LogP contribution in [0.15, 0.2) is 27.4 Å². The third kappa shape index (κ3) is 2.82. The molecule has 0 aliphatic rings. The highest BCUT2D eigenvalue weighted by molar-refractivity contribution is 9.11. The molecule has 1 amide bonds. The van der Waals surface area contributed by atoms with Gasteiger partial charge in [-0.2, -0.15) is 0 Å². The Morgan fingerprint density at radius 1 is 1.17 bits per heavy atom. The van der Waals surface area contributed by atoms with E-state index in [1.165, 1.54) is 16.9 Å². The molecular formula is C14H14BrNOS. The van der Waals surface area contributed by atoms with E-state index in [0.717, 1.165) is 20.6 Å². The molecule has 0 fully saturated rings. The quantitative estimate of drug-likeness (QED) is 0.853. The molecule has 1 aromatic carbocycles. The van der Waals surface area contributed by atoms with Crippen molar-refractivity contribution in [3.05, 3.63) is 49.6 Å². The first-order chi connectivity index (χ1) is 8.47.